The molecule has 0 saturated carbocycles. The highest BCUT2D eigenvalue weighted by Crippen LogP contribution is 2.16. The Hall–Kier alpha value is -1.58. The molecule has 1 aromatic heterocycles. The molecule has 2 rings (SSSR count). The van der Waals surface area contributed by atoms with Gasteiger partial charge in [-0.05, 0) is 42.8 Å². The van der Waals surface area contributed by atoms with Crippen LogP contribution in [0.25, 0.3) is 0 Å². The number of rotatable bonds is 7. The van der Waals surface area contributed by atoms with Gasteiger partial charge in [-0.3, -0.25) is 0 Å². The van der Waals surface area contributed by atoms with Gasteiger partial charge in [-0.15, -0.1) is 0 Å². The molecular weight excluding hydrogens is 282 g/mol. The third-order valence-electron chi connectivity index (χ3n) is 3.22. The molecule has 2 aromatic rings. The molecule has 1 aromatic carbocycles. The van der Waals surface area contributed by atoms with E-state index < -0.39 is 0 Å². The third kappa shape index (κ3) is 5.03. The Morgan fingerprint density at radius 2 is 2.00 bits per heavy atom. The van der Waals surface area contributed by atoms with Crippen molar-refractivity contribution in [1.82, 2.24) is 10.3 Å². The van der Waals surface area contributed by atoms with Crippen LogP contribution in [0.3, 0.4) is 0 Å². The third-order valence-corrected chi connectivity index (χ3v) is 3.46. The zero-order valence-electron chi connectivity index (χ0n) is 12.6. The van der Waals surface area contributed by atoms with E-state index in [0.717, 1.165) is 42.6 Å². The SMILES string of the molecule is CCCNCc1cccc(N(C)Cc2cccc(Cl)c2)n1. The van der Waals surface area contributed by atoms with Crippen LogP contribution in [0.15, 0.2) is 42.5 Å². The fourth-order valence-corrected chi connectivity index (χ4v) is 2.37. The van der Waals surface area contributed by atoms with Crippen molar-refractivity contribution < 1.29 is 0 Å². The van der Waals surface area contributed by atoms with Crippen LogP contribution in [0.5, 0.6) is 0 Å². The molecule has 1 N–H and O–H groups in total. The number of halogens is 1. The van der Waals surface area contributed by atoms with Gasteiger partial charge in [-0.2, -0.15) is 0 Å². The van der Waals surface area contributed by atoms with Gasteiger partial charge in [0.25, 0.3) is 0 Å². The maximum absolute atomic E-state index is 6.03. The fraction of sp³-hybridized carbons (Fsp3) is 0.353. The molecule has 0 aliphatic rings. The molecule has 21 heavy (non-hydrogen) atoms. The smallest absolute Gasteiger partial charge is 0.128 e. The van der Waals surface area contributed by atoms with Crippen molar-refractivity contribution in [3.63, 3.8) is 0 Å². The number of anilines is 1. The summed E-state index contributed by atoms with van der Waals surface area (Å²) < 4.78 is 0. The highest BCUT2D eigenvalue weighted by molar-refractivity contribution is 6.30. The summed E-state index contributed by atoms with van der Waals surface area (Å²) in [4.78, 5) is 6.83. The van der Waals surface area contributed by atoms with Crippen molar-refractivity contribution in [3.05, 3.63) is 58.7 Å². The lowest BCUT2D eigenvalue weighted by atomic mass is 10.2. The first-order valence-corrected chi connectivity index (χ1v) is 7.69. The van der Waals surface area contributed by atoms with Gasteiger partial charge in [-0.1, -0.05) is 36.7 Å². The van der Waals surface area contributed by atoms with Gasteiger partial charge >= 0.3 is 0 Å². The molecule has 4 heteroatoms. The van der Waals surface area contributed by atoms with Crippen LogP contribution < -0.4 is 10.2 Å². The average Bonchev–Trinajstić information content (AvgIpc) is 2.48. The zero-order chi connectivity index (χ0) is 15.1. The number of hydrogen-bond acceptors (Lipinski definition) is 3. The summed E-state index contributed by atoms with van der Waals surface area (Å²) in [6.45, 7) is 4.78. The predicted molar refractivity (Wildman–Crippen MR) is 89.8 cm³/mol. The molecule has 0 aliphatic carbocycles. The van der Waals surface area contributed by atoms with E-state index in [-0.39, 0.29) is 0 Å². The number of pyridine rings is 1. The van der Waals surface area contributed by atoms with Gasteiger partial charge in [0.05, 0.1) is 5.69 Å². The van der Waals surface area contributed by atoms with Gasteiger partial charge < -0.3 is 10.2 Å². The van der Waals surface area contributed by atoms with Crippen molar-refractivity contribution >= 4 is 17.4 Å². The van der Waals surface area contributed by atoms with Crippen molar-refractivity contribution in [3.8, 4) is 0 Å². The van der Waals surface area contributed by atoms with Gasteiger partial charge in [0.1, 0.15) is 5.82 Å². The Labute approximate surface area is 132 Å². The molecule has 0 radical (unpaired) electrons. The normalized spacial score (nSPS) is 10.6. The molecule has 1 heterocycles. The first kappa shape index (κ1) is 15.8. The summed E-state index contributed by atoms with van der Waals surface area (Å²) in [6.07, 6.45) is 1.13. The molecule has 112 valence electrons. The van der Waals surface area contributed by atoms with Gasteiger partial charge in [0.15, 0.2) is 0 Å². The van der Waals surface area contributed by atoms with E-state index in [1.165, 1.54) is 5.56 Å². The average molecular weight is 304 g/mol. The minimum Gasteiger partial charge on any atom is -0.355 e. The second-order valence-corrected chi connectivity index (χ2v) is 5.59. The lowest BCUT2D eigenvalue weighted by Gasteiger charge is -2.19. The highest BCUT2D eigenvalue weighted by atomic mass is 35.5. The van der Waals surface area contributed by atoms with E-state index in [2.05, 4.69) is 35.3 Å². The first-order valence-electron chi connectivity index (χ1n) is 7.31. The van der Waals surface area contributed by atoms with Crippen molar-refractivity contribution in [2.75, 3.05) is 18.5 Å². The Kier molecular flexibility index (Phi) is 6.03. The highest BCUT2D eigenvalue weighted by Gasteiger charge is 2.05. The Balaban J connectivity index is 2.01. The van der Waals surface area contributed by atoms with E-state index in [9.17, 15) is 0 Å². The number of hydrogen-bond donors (Lipinski definition) is 1. The van der Waals surface area contributed by atoms with E-state index in [1.54, 1.807) is 0 Å². The molecule has 0 atom stereocenters. The molecular formula is C17H22ClN3. The zero-order valence-corrected chi connectivity index (χ0v) is 13.4. The van der Waals surface area contributed by atoms with Crippen molar-refractivity contribution in [2.24, 2.45) is 0 Å². The molecule has 0 spiro atoms. The number of nitrogens with one attached hydrogen (secondary N) is 1. The Bertz CT molecular complexity index is 571. The van der Waals surface area contributed by atoms with Gasteiger partial charge in [0, 0.05) is 25.2 Å². The minimum atomic E-state index is 0.770. The Morgan fingerprint density at radius 3 is 2.76 bits per heavy atom. The summed E-state index contributed by atoms with van der Waals surface area (Å²) in [5.74, 6) is 0.978. The van der Waals surface area contributed by atoms with Gasteiger partial charge in [0.2, 0.25) is 0 Å². The molecule has 0 bridgehead atoms. The molecule has 0 amide bonds. The summed E-state index contributed by atoms with van der Waals surface area (Å²) in [5, 5.41) is 4.15. The molecule has 3 nitrogen and oxygen atoms in total. The molecule has 0 saturated heterocycles. The predicted octanol–water partition coefficient (Wildman–Crippen LogP) is 3.87. The maximum Gasteiger partial charge on any atom is 0.128 e. The Morgan fingerprint density at radius 1 is 1.19 bits per heavy atom. The summed E-state index contributed by atoms with van der Waals surface area (Å²) in [7, 11) is 2.05. The number of benzene rings is 1. The van der Waals surface area contributed by atoms with Crippen LogP contribution >= 0.6 is 11.6 Å². The maximum atomic E-state index is 6.03. The fourth-order valence-electron chi connectivity index (χ4n) is 2.16. The van der Waals surface area contributed by atoms with Crippen LogP contribution in [-0.2, 0) is 13.1 Å². The van der Waals surface area contributed by atoms with Crippen LogP contribution in [0, 0.1) is 0 Å². The summed E-state index contributed by atoms with van der Waals surface area (Å²) in [6, 6.07) is 14.1. The van der Waals surface area contributed by atoms with E-state index >= 15 is 0 Å². The van der Waals surface area contributed by atoms with Crippen molar-refractivity contribution in [2.45, 2.75) is 26.4 Å². The van der Waals surface area contributed by atoms with Gasteiger partial charge in [-0.25, -0.2) is 4.98 Å². The van der Waals surface area contributed by atoms with E-state index in [0.29, 0.717) is 0 Å². The summed E-state index contributed by atoms with van der Waals surface area (Å²) >= 11 is 6.03. The van der Waals surface area contributed by atoms with Crippen LogP contribution in [0.1, 0.15) is 24.6 Å². The quantitative estimate of drug-likeness (QED) is 0.787. The summed E-state index contributed by atoms with van der Waals surface area (Å²) in [5.41, 5.74) is 2.25. The van der Waals surface area contributed by atoms with Crippen LogP contribution in [-0.4, -0.2) is 18.6 Å². The first-order chi connectivity index (χ1) is 10.2. The number of aromatic nitrogens is 1. The van der Waals surface area contributed by atoms with E-state index in [1.807, 2.05) is 31.3 Å². The topological polar surface area (TPSA) is 28.2 Å². The monoisotopic (exact) mass is 303 g/mol. The minimum absolute atomic E-state index is 0.770. The lowest BCUT2D eigenvalue weighted by molar-refractivity contribution is 0.663. The molecule has 0 fully saturated rings. The second kappa shape index (κ2) is 8.01. The van der Waals surface area contributed by atoms with E-state index in [4.69, 9.17) is 16.6 Å². The second-order valence-electron chi connectivity index (χ2n) is 5.15. The molecule has 0 aliphatic heterocycles. The molecule has 0 unspecified atom stereocenters. The number of nitrogens with zero attached hydrogens (tertiary/aromatic N) is 2. The lowest BCUT2D eigenvalue weighted by Crippen LogP contribution is -2.19. The van der Waals surface area contributed by atoms with Crippen LogP contribution in [0.2, 0.25) is 5.02 Å². The standard InChI is InChI=1S/C17H22ClN3/c1-3-10-19-12-16-8-5-9-17(20-16)21(2)13-14-6-4-7-15(18)11-14/h4-9,11,19H,3,10,12-13H2,1-2H3. The van der Waals surface area contributed by atoms with Crippen molar-refractivity contribution in [1.29, 1.82) is 0 Å². The van der Waals surface area contributed by atoms with Crippen LogP contribution in [0.4, 0.5) is 5.82 Å². The largest absolute Gasteiger partial charge is 0.355 e.